The SMILES string of the molecule is CCOc1ccc(-c2ccc(C3CCC(CO)CC3)cc2)c(F)c1F. The van der Waals surface area contributed by atoms with E-state index in [1.54, 1.807) is 13.0 Å². The highest BCUT2D eigenvalue weighted by Gasteiger charge is 2.22. The summed E-state index contributed by atoms with van der Waals surface area (Å²) in [7, 11) is 0. The predicted molar refractivity (Wildman–Crippen MR) is 94.7 cm³/mol. The van der Waals surface area contributed by atoms with Crippen LogP contribution in [0.1, 0.15) is 44.1 Å². The van der Waals surface area contributed by atoms with Gasteiger partial charge in [-0.3, -0.25) is 0 Å². The molecule has 3 rings (SSSR count). The van der Waals surface area contributed by atoms with Crippen molar-refractivity contribution < 1.29 is 18.6 Å². The molecule has 2 aromatic carbocycles. The smallest absolute Gasteiger partial charge is 0.201 e. The number of aliphatic hydroxyl groups is 1. The molecule has 0 saturated heterocycles. The molecule has 1 fully saturated rings. The van der Waals surface area contributed by atoms with Crippen LogP contribution in [0.2, 0.25) is 0 Å². The van der Waals surface area contributed by atoms with Crippen molar-refractivity contribution in [1.29, 1.82) is 0 Å². The molecular weight excluding hydrogens is 322 g/mol. The number of ether oxygens (including phenoxy) is 1. The van der Waals surface area contributed by atoms with Crippen molar-refractivity contribution >= 4 is 0 Å². The third kappa shape index (κ3) is 3.84. The Labute approximate surface area is 147 Å². The molecule has 4 heteroatoms. The van der Waals surface area contributed by atoms with Crippen molar-refractivity contribution in [1.82, 2.24) is 0 Å². The Hall–Kier alpha value is -1.94. The first-order valence-corrected chi connectivity index (χ1v) is 8.96. The Morgan fingerprint density at radius 3 is 2.24 bits per heavy atom. The van der Waals surface area contributed by atoms with Crippen molar-refractivity contribution in [2.75, 3.05) is 13.2 Å². The van der Waals surface area contributed by atoms with Gasteiger partial charge in [0.15, 0.2) is 11.6 Å². The molecule has 1 aliphatic carbocycles. The maximum atomic E-state index is 14.3. The van der Waals surface area contributed by atoms with Gasteiger partial charge in [0.1, 0.15) is 0 Å². The summed E-state index contributed by atoms with van der Waals surface area (Å²) >= 11 is 0. The maximum Gasteiger partial charge on any atom is 0.201 e. The van der Waals surface area contributed by atoms with Crippen LogP contribution in [0.25, 0.3) is 11.1 Å². The topological polar surface area (TPSA) is 29.5 Å². The molecule has 1 N–H and O–H groups in total. The van der Waals surface area contributed by atoms with E-state index in [9.17, 15) is 13.9 Å². The van der Waals surface area contributed by atoms with Gasteiger partial charge in [-0.05, 0) is 67.7 Å². The Balaban J connectivity index is 1.78. The molecule has 0 spiro atoms. The third-order valence-corrected chi connectivity index (χ3v) is 5.14. The van der Waals surface area contributed by atoms with Gasteiger partial charge < -0.3 is 9.84 Å². The van der Waals surface area contributed by atoms with Crippen LogP contribution in [0.15, 0.2) is 36.4 Å². The Morgan fingerprint density at radius 2 is 1.64 bits per heavy atom. The van der Waals surface area contributed by atoms with Crippen molar-refractivity contribution in [3.05, 3.63) is 53.6 Å². The molecule has 0 atom stereocenters. The lowest BCUT2D eigenvalue weighted by Gasteiger charge is -2.27. The highest BCUT2D eigenvalue weighted by Crippen LogP contribution is 2.37. The minimum absolute atomic E-state index is 0.0546. The fourth-order valence-electron chi connectivity index (χ4n) is 3.63. The summed E-state index contributed by atoms with van der Waals surface area (Å²) in [5, 5.41) is 9.24. The molecule has 0 radical (unpaired) electrons. The minimum Gasteiger partial charge on any atom is -0.491 e. The second kappa shape index (κ2) is 7.96. The molecule has 25 heavy (non-hydrogen) atoms. The molecule has 2 nitrogen and oxygen atoms in total. The number of benzene rings is 2. The van der Waals surface area contributed by atoms with E-state index in [-0.39, 0.29) is 17.9 Å². The number of aliphatic hydroxyl groups excluding tert-OH is 1. The molecule has 134 valence electrons. The highest BCUT2D eigenvalue weighted by atomic mass is 19.2. The van der Waals surface area contributed by atoms with Gasteiger partial charge in [-0.25, -0.2) is 4.39 Å². The molecule has 0 bridgehead atoms. The Bertz CT molecular complexity index is 705. The normalized spacial score (nSPS) is 20.5. The lowest BCUT2D eigenvalue weighted by molar-refractivity contribution is 0.182. The van der Waals surface area contributed by atoms with E-state index in [1.165, 1.54) is 11.6 Å². The van der Waals surface area contributed by atoms with Crippen molar-refractivity contribution in [2.45, 2.75) is 38.5 Å². The molecular formula is C21H24F2O2. The lowest BCUT2D eigenvalue weighted by Crippen LogP contribution is -2.16. The van der Waals surface area contributed by atoms with Crippen LogP contribution in [0, 0.1) is 17.6 Å². The van der Waals surface area contributed by atoms with E-state index in [0.29, 0.717) is 24.0 Å². The van der Waals surface area contributed by atoms with E-state index in [1.807, 2.05) is 24.3 Å². The summed E-state index contributed by atoms with van der Waals surface area (Å²) in [6.07, 6.45) is 4.22. The summed E-state index contributed by atoms with van der Waals surface area (Å²) < 4.78 is 33.5. The quantitative estimate of drug-likeness (QED) is 0.796. The molecule has 1 aliphatic rings. The van der Waals surface area contributed by atoms with Gasteiger partial charge in [0.05, 0.1) is 6.61 Å². The van der Waals surface area contributed by atoms with E-state index in [2.05, 4.69) is 0 Å². The summed E-state index contributed by atoms with van der Waals surface area (Å²) in [5.41, 5.74) is 2.13. The monoisotopic (exact) mass is 346 g/mol. The molecule has 1 saturated carbocycles. The van der Waals surface area contributed by atoms with Gasteiger partial charge in [0, 0.05) is 12.2 Å². The largest absolute Gasteiger partial charge is 0.491 e. The van der Waals surface area contributed by atoms with Crippen LogP contribution in [-0.4, -0.2) is 18.3 Å². The zero-order valence-electron chi connectivity index (χ0n) is 14.5. The third-order valence-electron chi connectivity index (χ3n) is 5.14. The van der Waals surface area contributed by atoms with Crippen LogP contribution >= 0.6 is 0 Å². The summed E-state index contributed by atoms with van der Waals surface area (Å²) in [6.45, 7) is 2.30. The zero-order chi connectivity index (χ0) is 17.8. The predicted octanol–water partition coefficient (Wildman–Crippen LogP) is 5.30. The highest BCUT2D eigenvalue weighted by molar-refractivity contribution is 5.65. The van der Waals surface area contributed by atoms with Crippen LogP contribution in [0.5, 0.6) is 5.75 Å². The fourth-order valence-corrected chi connectivity index (χ4v) is 3.63. The van der Waals surface area contributed by atoms with E-state index >= 15 is 0 Å². The van der Waals surface area contributed by atoms with Gasteiger partial charge in [0.25, 0.3) is 0 Å². The number of halogens is 2. The standard InChI is InChI=1S/C21H24F2O2/c1-2-25-19-12-11-18(20(22)21(19)23)17-9-7-16(8-10-17)15-5-3-14(13-24)4-6-15/h7-12,14-15,24H,2-6,13H2,1H3. The van der Waals surface area contributed by atoms with Gasteiger partial charge in [-0.15, -0.1) is 0 Å². The van der Waals surface area contributed by atoms with Gasteiger partial charge in [0.2, 0.25) is 5.82 Å². The summed E-state index contributed by atoms with van der Waals surface area (Å²) in [4.78, 5) is 0. The van der Waals surface area contributed by atoms with E-state index < -0.39 is 11.6 Å². The maximum absolute atomic E-state index is 14.3. The van der Waals surface area contributed by atoms with Gasteiger partial charge >= 0.3 is 0 Å². The average molecular weight is 346 g/mol. The Kier molecular flexibility index (Phi) is 5.69. The van der Waals surface area contributed by atoms with Crippen LogP contribution < -0.4 is 4.74 Å². The first kappa shape index (κ1) is 17.9. The van der Waals surface area contributed by atoms with Crippen LogP contribution in [0.3, 0.4) is 0 Å². The molecule has 0 amide bonds. The van der Waals surface area contributed by atoms with Crippen LogP contribution in [-0.2, 0) is 0 Å². The number of hydrogen-bond acceptors (Lipinski definition) is 2. The molecule has 0 unspecified atom stereocenters. The second-order valence-corrected chi connectivity index (χ2v) is 6.69. The Morgan fingerprint density at radius 1 is 0.960 bits per heavy atom. The molecule has 0 aromatic heterocycles. The summed E-state index contributed by atoms with van der Waals surface area (Å²) in [5.74, 6) is -0.955. The van der Waals surface area contributed by atoms with Gasteiger partial charge in [-0.2, -0.15) is 4.39 Å². The van der Waals surface area contributed by atoms with Crippen LogP contribution in [0.4, 0.5) is 8.78 Å². The minimum atomic E-state index is -0.939. The number of rotatable bonds is 5. The summed E-state index contributed by atoms with van der Waals surface area (Å²) in [6, 6.07) is 10.8. The number of hydrogen-bond donors (Lipinski definition) is 1. The molecule has 0 heterocycles. The van der Waals surface area contributed by atoms with Crippen molar-refractivity contribution in [3.8, 4) is 16.9 Å². The first-order chi connectivity index (χ1) is 12.1. The molecule has 0 aliphatic heterocycles. The zero-order valence-corrected chi connectivity index (χ0v) is 14.5. The van der Waals surface area contributed by atoms with Crippen molar-refractivity contribution in [2.24, 2.45) is 5.92 Å². The first-order valence-electron chi connectivity index (χ1n) is 8.96. The van der Waals surface area contributed by atoms with Crippen molar-refractivity contribution in [3.63, 3.8) is 0 Å². The van der Waals surface area contributed by atoms with E-state index in [4.69, 9.17) is 4.74 Å². The second-order valence-electron chi connectivity index (χ2n) is 6.69. The van der Waals surface area contributed by atoms with E-state index in [0.717, 1.165) is 25.7 Å². The lowest BCUT2D eigenvalue weighted by atomic mass is 9.79. The van der Waals surface area contributed by atoms with Gasteiger partial charge in [-0.1, -0.05) is 24.3 Å². The fraction of sp³-hybridized carbons (Fsp3) is 0.429. The average Bonchev–Trinajstić information content (AvgIpc) is 2.66. The molecule has 2 aromatic rings.